The molecule has 1 unspecified atom stereocenters. The second kappa shape index (κ2) is 4.83. The average molecular weight is 245 g/mol. The van der Waals surface area contributed by atoms with E-state index in [4.69, 9.17) is 16.7 Å². The number of hydrogen-bond donors (Lipinski definition) is 1. The Morgan fingerprint density at radius 1 is 1.56 bits per heavy atom. The molecule has 0 spiro atoms. The molecule has 0 aliphatic rings. The SMILES string of the molecule is CCC(C)(Cc1ccc(Cl)cc1F)C(=O)O. The smallest absolute Gasteiger partial charge is 0.309 e. The minimum absolute atomic E-state index is 0.168. The molecular formula is C12H14ClFO2. The third-order valence-corrected chi connectivity index (χ3v) is 3.13. The molecule has 1 atom stereocenters. The molecule has 0 saturated heterocycles. The van der Waals surface area contributed by atoms with E-state index in [-0.39, 0.29) is 6.42 Å². The van der Waals surface area contributed by atoms with Gasteiger partial charge >= 0.3 is 5.97 Å². The highest BCUT2D eigenvalue weighted by molar-refractivity contribution is 6.30. The standard InChI is InChI=1S/C12H14ClFO2/c1-3-12(2,11(15)16)7-8-4-5-9(13)6-10(8)14/h4-6H,3,7H2,1-2H3,(H,15,16). The molecule has 2 nitrogen and oxygen atoms in total. The molecule has 1 rings (SSSR count). The van der Waals surface area contributed by atoms with Crippen LogP contribution in [0.25, 0.3) is 0 Å². The highest BCUT2D eigenvalue weighted by Crippen LogP contribution is 2.28. The Morgan fingerprint density at radius 2 is 2.19 bits per heavy atom. The van der Waals surface area contributed by atoms with E-state index in [1.54, 1.807) is 19.9 Å². The molecule has 0 fully saturated rings. The van der Waals surface area contributed by atoms with Crippen molar-refractivity contribution in [2.45, 2.75) is 26.7 Å². The summed E-state index contributed by atoms with van der Waals surface area (Å²) in [5.74, 6) is -1.36. The molecule has 1 aromatic rings. The monoisotopic (exact) mass is 244 g/mol. The van der Waals surface area contributed by atoms with Crippen molar-refractivity contribution in [3.8, 4) is 0 Å². The van der Waals surface area contributed by atoms with Gasteiger partial charge in [-0.15, -0.1) is 0 Å². The zero-order valence-corrected chi connectivity index (χ0v) is 10.0. The maximum atomic E-state index is 13.5. The number of hydrogen-bond acceptors (Lipinski definition) is 1. The van der Waals surface area contributed by atoms with E-state index >= 15 is 0 Å². The molecule has 0 aliphatic carbocycles. The Bertz CT molecular complexity index is 406. The Kier molecular flexibility index (Phi) is 3.92. The normalized spacial score (nSPS) is 14.5. The lowest BCUT2D eigenvalue weighted by atomic mass is 9.81. The predicted octanol–water partition coefficient (Wildman–Crippen LogP) is 3.52. The van der Waals surface area contributed by atoms with Crippen molar-refractivity contribution in [3.63, 3.8) is 0 Å². The molecule has 16 heavy (non-hydrogen) atoms. The number of benzene rings is 1. The van der Waals surface area contributed by atoms with Gasteiger partial charge in [-0.1, -0.05) is 24.6 Å². The molecule has 88 valence electrons. The molecule has 0 radical (unpaired) electrons. The largest absolute Gasteiger partial charge is 0.481 e. The van der Waals surface area contributed by atoms with Crippen molar-refractivity contribution < 1.29 is 14.3 Å². The van der Waals surface area contributed by atoms with E-state index in [1.807, 2.05) is 0 Å². The molecular weight excluding hydrogens is 231 g/mol. The van der Waals surface area contributed by atoms with Crippen LogP contribution >= 0.6 is 11.6 Å². The first-order valence-electron chi connectivity index (χ1n) is 5.06. The third kappa shape index (κ3) is 2.73. The number of halogens is 2. The zero-order chi connectivity index (χ0) is 12.3. The first-order valence-corrected chi connectivity index (χ1v) is 5.44. The molecule has 0 saturated carbocycles. The van der Waals surface area contributed by atoms with Crippen molar-refractivity contribution in [2.75, 3.05) is 0 Å². The highest BCUT2D eigenvalue weighted by atomic mass is 35.5. The fourth-order valence-electron chi connectivity index (χ4n) is 1.44. The summed E-state index contributed by atoms with van der Waals surface area (Å²) in [4.78, 5) is 11.1. The van der Waals surface area contributed by atoms with Crippen LogP contribution in [-0.4, -0.2) is 11.1 Å². The third-order valence-electron chi connectivity index (χ3n) is 2.89. The van der Waals surface area contributed by atoms with Gasteiger partial charge in [0.15, 0.2) is 0 Å². The van der Waals surface area contributed by atoms with Crippen molar-refractivity contribution in [1.29, 1.82) is 0 Å². The van der Waals surface area contributed by atoms with Crippen LogP contribution in [0.4, 0.5) is 4.39 Å². The van der Waals surface area contributed by atoms with E-state index in [2.05, 4.69) is 0 Å². The first-order chi connectivity index (χ1) is 7.39. The molecule has 0 aromatic heterocycles. The molecule has 1 aromatic carbocycles. The van der Waals surface area contributed by atoms with Crippen molar-refractivity contribution in [3.05, 3.63) is 34.6 Å². The van der Waals surface area contributed by atoms with Gasteiger partial charge in [0.2, 0.25) is 0 Å². The van der Waals surface area contributed by atoms with Gasteiger partial charge in [0.05, 0.1) is 5.41 Å². The number of carbonyl (C=O) groups is 1. The van der Waals surface area contributed by atoms with Crippen LogP contribution in [0.5, 0.6) is 0 Å². The maximum absolute atomic E-state index is 13.5. The number of aliphatic carboxylic acids is 1. The Morgan fingerprint density at radius 3 is 2.62 bits per heavy atom. The molecule has 1 N–H and O–H groups in total. The van der Waals surface area contributed by atoms with Gasteiger partial charge in [-0.25, -0.2) is 4.39 Å². The summed E-state index contributed by atoms with van der Waals surface area (Å²) >= 11 is 5.63. The topological polar surface area (TPSA) is 37.3 Å². The van der Waals surface area contributed by atoms with Gasteiger partial charge < -0.3 is 5.11 Å². The van der Waals surface area contributed by atoms with E-state index in [1.165, 1.54) is 12.1 Å². The molecule has 0 amide bonds. The minimum atomic E-state index is -0.936. The van der Waals surface area contributed by atoms with Gasteiger partial charge in [0.25, 0.3) is 0 Å². The first kappa shape index (κ1) is 13.0. The fraction of sp³-hybridized carbons (Fsp3) is 0.417. The van der Waals surface area contributed by atoms with Crippen molar-refractivity contribution >= 4 is 17.6 Å². The second-order valence-corrected chi connectivity index (χ2v) is 4.57. The maximum Gasteiger partial charge on any atom is 0.309 e. The Hall–Kier alpha value is -1.09. The number of rotatable bonds is 4. The van der Waals surface area contributed by atoms with E-state index in [0.29, 0.717) is 17.0 Å². The van der Waals surface area contributed by atoms with Gasteiger partial charge in [0, 0.05) is 5.02 Å². The summed E-state index contributed by atoms with van der Waals surface area (Å²) in [5.41, 5.74) is -0.551. The number of carboxylic acid groups (broad SMARTS) is 1. The molecule has 4 heteroatoms. The average Bonchev–Trinajstić information content (AvgIpc) is 2.22. The summed E-state index contributed by atoms with van der Waals surface area (Å²) in [6, 6.07) is 4.31. The van der Waals surface area contributed by atoms with E-state index in [9.17, 15) is 9.18 Å². The lowest BCUT2D eigenvalue weighted by molar-refractivity contribution is -0.148. The van der Waals surface area contributed by atoms with E-state index < -0.39 is 17.2 Å². The molecule has 0 heterocycles. The van der Waals surface area contributed by atoms with Crippen molar-refractivity contribution in [2.24, 2.45) is 5.41 Å². The second-order valence-electron chi connectivity index (χ2n) is 4.13. The van der Waals surface area contributed by atoms with Gasteiger partial charge in [-0.2, -0.15) is 0 Å². The van der Waals surface area contributed by atoms with Crippen molar-refractivity contribution in [1.82, 2.24) is 0 Å². The lowest BCUT2D eigenvalue weighted by Crippen LogP contribution is -2.29. The number of carboxylic acids is 1. The fourth-order valence-corrected chi connectivity index (χ4v) is 1.60. The predicted molar refractivity (Wildman–Crippen MR) is 61.1 cm³/mol. The zero-order valence-electron chi connectivity index (χ0n) is 9.26. The van der Waals surface area contributed by atoms with Gasteiger partial charge in [0.1, 0.15) is 5.82 Å². The van der Waals surface area contributed by atoms with Crippen LogP contribution in [0.3, 0.4) is 0 Å². The Balaban J connectivity index is 2.99. The molecule has 0 aliphatic heterocycles. The minimum Gasteiger partial charge on any atom is -0.481 e. The van der Waals surface area contributed by atoms with E-state index in [0.717, 1.165) is 0 Å². The van der Waals surface area contributed by atoms with Gasteiger partial charge in [-0.3, -0.25) is 4.79 Å². The highest BCUT2D eigenvalue weighted by Gasteiger charge is 2.32. The molecule has 0 bridgehead atoms. The quantitative estimate of drug-likeness (QED) is 0.880. The van der Waals surface area contributed by atoms with Gasteiger partial charge in [-0.05, 0) is 37.5 Å². The lowest BCUT2D eigenvalue weighted by Gasteiger charge is -2.23. The van der Waals surface area contributed by atoms with Crippen LogP contribution < -0.4 is 0 Å². The summed E-state index contributed by atoms with van der Waals surface area (Å²) in [7, 11) is 0. The van der Waals surface area contributed by atoms with Crippen LogP contribution in [-0.2, 0) is 11.2 Å². The van der Waals surface area contributed by atoms with Crippen LogP contribution in [0.1, 0.15) is 25.8 Å². The summed E-state index contributed by atoms with van der Waals surface area (Å²) in [6.45, 7) is 3.39. The summed E-state index contributed by atoms with van der Waals surface area (Å²) in [6.07, 6.45) is 0.617. The van der Waals surface area contributed by atoms with Crippen LogP contribution in [0, 0.1) is 11.2 Å². The summed E-state index contributed by atoms with van der Waals surface area (Å²) < 4.78 is 13.5. The van der Waals surface area contributed by atoms with Crippen LogP contribution in [0.2, 0.25) is 5.02 Å². The van der Waals surface area contributed by atoms with Crippen LogP contribution in [0.15, 0.2) is 18.2 Å². The Labute approximate surface area is 99.0 Å². The summed E-state index contributed by atoms with van der Waals surface area (Å²) in [5, 5.41) is 9.41.